The topological polar surface area (TPSA) is 15.3 Å². The number of nitrogens with zero attached hydrogens (tertiary/aromatic N) is 1. The van der Waals surface area contributed by atoms with Crippen LogP contribution in [-0.2, 0) is 0 Å². The lowest BCUT2D eigenvalue weighted by Crippen LogP contribution is -2.43. The van der Waals surface area contributed by atoms with Gasteiger partial charge >= 0.3 is 0 Å². The van der Waals surface area contributed by atoms with E-state index in [1.54, 1.807) is 0 Å². The lowest BCUT2D eigenvalue weighted by atomic mass is 10.2. The molecule has 2 aliphatic heterocycles. The van der Waals surface area contributed by atoms with Gasteiger partial charge < -0.3 is 10.2 Å². The van der Waals surface area contributed by atoms with Crippen LogP contribution in [0.25, 0.3) is 0 Å². The summed E-state index contributed by atoms with van der Waals surface area (Å²) in [7, 11) is 0. The van der Waals surface area contributed by atoms with Crippen molar-refractivity contribution >= 4 is 5.69 Å². The minimum absolute atomic E-state index is 0.737. The molecule has 2 saturated heterocycles. The molecule has 1 N–H and O–H groups in total. The molecule has 0 spiro atoms. The molecule has 0 aromatic heterocycles. The van der Waals surface area contributed by atoms with Gasteiger partial charge in [-0.2, -0.15) is 0 Å². The molecule has 0 amide bonds. The molecule has 0 saturated carbocycles. The molecule has 2 bridgehead atoms. The molecule has 1 aromatic rings. The number of benzene rings is 1. The summed E-state index contributed by atoms with van der Waals surface area (Å²) in [6.07, 6.45) is 1.33. The first-order valence-electron chi connectivity index (χ1n) is 5.39. The van der Waals surface area contributed by atoms with Gasteiger partial charge in [0.05, 0.1) is 0 Å². The van der Waals surface area contributed by atoms with Gasteiger partial charge in [0.1, 0.15) is 0 Å². The van der Waals surface area contributed by atoms with Crippen molar-refractivity contribution in [3.8, 4) is 0 Å². The second kappa shape index (κ2) is 2.99. The predicted molar refractivity (Wildman–Crippen MR) is 58.7 cm³/mol. The molecular formula is C12H16N2. The van der Waals surface area contributed by atoms with Crippen LogP contribution in [0.1, 0.15) is 12.0 Å². The number of piperazine rings is 1. The summed E-state index contributed by atoms with van der Waals surface area (Å²) in [5, 5.41) is 3.53. The largest absolute Gasteiger partial charge is 0.366 e. The quantitative estimate of drug-likeness (QED) is 0.719. The second-order valence-corrected chi connectivity index (χ2v) is 4.48. The van der Waals surface area contributed by atoms with E-state index in [1.807, 2.05) is 0 Å². The molecule has 2 heteroatoms. The van der Waals surface area contributed by atoms with Crippen LogP contribution in [0.3, 0.4) is 0 Å². The third kappa shape index (κ3) is 1.22. The van der Waals surface area contributed by atoms with Crippen LogP contribution in [0.15, 0.2) is 24.3 Å². The van der Waals surface area contributed by atoms with E-state index in [0.717, 1.165) is 12.1 Å². The molecule has 14 heavy (non-hydrogen) atoms. The number of fused-ring (bicyclic) bond motifs is 2. The highest BCUT2D eigenvalue weighted by molar-refractivity contribution is 5.50. The van der Waals surface area contributed by atoms with Crippen molar-refractivity contribution in [3.05, 3.63) is 29.8 Å². The number of nitrogens with one attached hydrogen (secondary N) is 1. The van der Waals surface area contributed by atoms with Gasteiger partial charge in [0.25, 0.3) is 0 Å². The van der Waals surface area contributed by atoms with E-state index < -0.39 is 0 Å². The number of anilines is 1. The summed E-state index contributed by atoms with van der Waals surface area (Å²) in [4.78, 5) is 2.54. The zero-order valence-electron chi connectivity index (χ0n) is 8.53. The molecule has 0 aliphatic carbocycles. The van der Waals surface area contributed by atoms with Crippen LogP contribution in [0.5, 0.6) is 0 Å². The standard InChI is InChI=1S/C12H16N2/c1-9-2-4-11(5-3-9)14-8-10-6-12(14)7-13-10/h2-5,10,12-13H,6-8H2,1H3/t10?,12-/m1/s1. The van der Waals surface area contributed by atoms with Crippen LogP contribution in [-0.4, -0.2) is 25.2 Å². The number of rotatable bonds is 1. The molecule has 74 valence electrons. The Morgan fingerprint density at radius 2 is 2.07 bits per heavy atom. The smallest absolute Gasteiger partial charge is 0.0430 e. The predicted octanol–water partition coefficient (Wildman–Crippen LogP) is 1.55. The van der Waals surface area contributed by atoms with E-state index in [-0.39, 0.29) is 0 Å². The number of hydrogen-bond donors (Lipinski definition) is 1. The van der Waals surface area contributed by atoms with Crippen molar-refractivity contribution in [2.45, 2.75) is 25.4 Å². The van der Waals surface area contributed by atoms with Gasteiger partial charge in [-0.25, -0.2) is 0 Å². The highest BCUT2D eigenvalue weighted by atomic mass is 15.3. The van der Waals surface area contributed by atoms with Crippen LogP contribution >= 0.6 is 0 Å². The van der Waals surface area contributed by atoms with E-state index in [4.69, 9.17) is 0 Å². The third-order valence-corrected chi connectivity index (χ3v) is 3.42. The Balaban J connectivity index is 1.86. The van der Waals surface area contributed by atoms with E-state index in [0.29, 0.717) is 0 Å². The zero-order chi connectivity index (χ0) is 9.54. The van der Waals surface area contributed by atoms with Crippen molar-refractivity contribution in [3.63, 3.8) is 0 Å². The van der Waals surface area contributed by atoms with Crippen LogP contribution in [0.2, 0.25) is 0 Å². The van der Waals surface area contributed by atoms with Gasteiger partial charge in [0, 0.05) is 30.9 Å². The molecule has 2 fully saturated rings. The summed E-state index contributed by atoms with van der Waals surface area (Å²) < 4.78 is 0. The van der Waals surface area contributed by atoms with Gasteiger partial charge in [0.2, 0.25) is 0 Å². The van der Waals surface area contributed by atoms with E-state index >= 15 is 0 Å². The molecule has 3 rings (SSSR count). The van der Waals surface area contributed by atoms with E-state index in [9.17, 15) is 0 Å². The van der Waals surface area contributed by atoms with Crippen LogP contribution in [0, 0.1) is 6.92 Å². The molecule has 2 aliphatic rings. The summed E-state index contributed by atoms with van der Waals surface area (Å²) in [6, 6.07) is 10.4. The third-order valence-electron chi connectivity index (χ3n) is 3.42. The molecular weight excluding hydrogens is 172 g/mol. The summed E-state index contributed by atoms with van der Waals surface area (Å²) >= 11 is 0. The summed E-state index contributed by atoms with van der Waals surface area (Å²) in [5.74, 6) is 0. The Bertz CT molecular complexity index is 331. The van der Waals surface area contributed by atoms with Crippen molar-refractivity contribution in [1.29, 1.82) is 0 Å². The molecule has 1 aromatic carbocycles. The summed E-state index contributed by atoms with van der Waals surface area (Å²) in [6.45, 7) is 4.49. The minimum Gasteiger partial charge on any atom is -0.366 e. The first-order chi connectivity index (χ1) is 6.83. The van der Waals surface area contributed by atoms with Gasteiger partial charge in [0.15, 0.2) is 0 Å². The van der Waals surface area contributed by atoms with Crippen LogP contribution < -0.4 is 10.2 Å². The Morgan fingerprint density at radius 3 is 2.64 bits per heavy atom. The lowest BCUT2D eigenvalue weighted by Gasteiger charge is -2.29. The monoisotopic (exact) mass is 188 g/mol. The Labute approximate surface area is 84.9 Å². The SMILES string of the molecule is Cc1ccc(N2CC3C[C@@H]2CN3)cc1. The van der Waals surface area contributed by atoms with E-state index in [1.165, 1.54) is 30.8 Å². The van der Waals surface area contributed by atoms with E-state index in [2.05, 4.69) is 41.4 Å². The average molecular weight is 188 g/mol. The maximum atomic E-state index is 3.53. The van der Waals surface area contributed by atoms with Gasteiger partial charge in [-0.05, 0) is 25.5 Å². The van der Waals surface area contributed by atoms with Gasteiger partial charge in [-0.15, -0.1) is 0 Å². The normalized spacial score (nSPS) is 29.9. The second-order valence-electron chi connectivity index (χ2n) is 4.48. The molecule has 2 nitrogen and oxygen atoms in total. The van der Waals surface area contributed by atoms with Crippen molar-refractivity contribution in [2.75, 3.05) is 18.0 Å². The first-order valence-corrected chi connectivity index (χ1v) is 5.39. The maximum Gasteiger partial charge on any atom is 0.0430 e. The van der Waals surface area contributed by atoms with Crippen molar-refractivity contribution in [2.24, 2.45) is 0 Å². The first kappa shape index (κ1) is 8.30. The zero-order valence-corrected chi connectivity index (χ0v) is 8.53. The minimum atomic E-state index is 0.737. The molecule has 1 unspecified atom stereocenters. The Morgan fingerprint density at radius 1 is 1.29 bits per heavy atom. The average Bonchev–Trinajstić information content (AvgIpc) is 2.80. The van der Waals surface area contributed by atoms with Crippen molar-refractivity contribution < 1.29 is 0 Å². The highest BCUT2D eigenvalue weighted by Crippen LogP contribution is 2.29. The lowest BCUT2D eigenvalue weighted by molar-refractivity contribution is 0.580. The van der Waals surface area contributed by atoms with Crippen LogP contribution in [0.4, 0.5) is 5.69 Å². The highest BCUT2D eigenvalue weighted by Gasteiger charge is 2.37. The fourth-order valence-corrected chi connectivity index (χ4v) is 2.61. The number of aryl methyl sites for hydroxylation is 1. The fraction of sp³-hybridized carbons (Fsp3) is 0.500. The molecule has 0 radical (unpaired) electrons. The van der Waals surface area contributed by atoms with Gasteiger partial charge in [-0.1, -0.05) is 17.7 Å². The Hall–Kier alpha value is -1.02. The van der Waals surface area contributed by atoms with Gasteiger partial charge in [-0.3, -0.25) is 0 Å². The maximum absolute atomic E-state index is 3.53. The number of hydrogen-bond acceptors (Lipinski definition) is 2. The summed E-state index contributed by atoms with van der Waals surface area (Å²) in [5.41, 5.74) is 2.74. The molecule has 2 atom stereocenters. The molecule has 2 heterocycles. The van der Waals surface area contributed by atoms with Crippen molar-refractivity contribution in [1.82, 2.24) is 5.32 Å². The Kier molecular flexibility index (Phi) is 1.77. The fourth-order valence-electron chi connectivity index (χ4n) is 2.61.